The minimum atomic E-state index is -0.504. The van der Waals surface area contributed by atoms with E-state index in [4.69, 9.17) is 11.6 Å². The molecular weight excluding hydrogens is 361 g/mol. The molecule has 0 aromatic heterocycles. The van der Waals surface area contributed by atoms with Crippen LogP contribution in [0.15, 0.2) is 53.4 Å². The molecule has 1 heterocycles. The summed E-state index contributed by atoms with van der Waals surface area (Å²) in [5.41, 5.74) is 1.16. The standard InChI is InChI=1S/C19H15ClFNO2S/c1-11(2)25-17-16(12-6-8-13(20)9-7-12)18(23)22(19(17)24)15-5-3-4-14(21)10-15/h3-11H,1-2H3. The van der Waals surface area contributed by atoms with Crippen LogP contribution >= 0.6 is 23.4 Å². The van der Waals surface area contributed by atoms with Gasteiger partial charge >= 0.3 is 0 Å². The third-order valence-corrected chi connectivity index (χ3v) is 4.93. The molecule has 0 N–H and O–H groups in total. The summed E-state index contributed by atoms with van der Waals surface area (Å²) in [4.78, 5) is 27.3. The van der Waals surface area contributed by atoms with E-state index >= 15 is 0 Å². The van der Waals surface area contributed by atoms with Gasteiger partial charge in [0.25, 0.3) is 11.8 Å². The first-order valence-corrected chi connectivity index (χ1v) is 8.95. The van der Waals surface area contributed by atoms with Gasteiger partial charge in [-0.3, -0.25) is 9.59 Å². The summed E-state index contributed by atoms with van der Waals surface area (Å²) in [7, 11) is 0. The number of halogens is 2. The summed E-state index contributed by atoms with van der Waals surface area (Å²) in [6.07, 6.45) is 0. The highest BCUT2D eigenvalue weighted by molar-refractivity contribution is 8.04. The zero-order valence-electron chi connectivity index (χ0n) is 13.6. The summed E-state index contributed by atoms with van der Waals surface area (Å²) < 4.78 is 13.6. The Hall–Kier alpha value is -2.11. The molecule has 0 aliphatic carbocycles. The van der Waals surface area contributed by atoms with E-state index in [-0.39, 0.29) is 10.9 Å². The molecule has 128 valence electrons. The molecule has 25 heavy (non-hydrogen) atoms. The number of imide groups is 1. The lowest BCUT2D eigenvalue weighted by molar-refractivity contribution is -0.119. The van der Waals surface area contributed by atoms with E-state index in [2.05, 4.69) is 0 Å². The summed E-state index contributed by atoms with van der Waals surface area (Å²) in [5.74, 6) is -1.39. The van der Waals surface area contributed by atoms with Gasteiger partial charge in [0.1, 0.15) is 5.82 Å². The second-order valence-corrected chi connectivity index (χ2v) is 7.83. The van der Waals surface area contributed by atoms with Crippen molar-refractivity contribution < 1.29 is 14.0 Å². The van der Waals surface area contributed by atoms with Gasteiger partial charge in [-0.2, -0.15) is 0 Å². The Bertz CT molecular complexity index is 877. The second-order valence-electron chi connectivity index (χ2n) is 5.80. The van der Waals surface area contributed by atoms with Gasteiger partial charge in [0.2, 0.25) is 0 Å². The largest absolute Gasteiger partial charge is 0.272 e. The molecule has 2 aromatic carbocycles. The lowest BCUT2D eigenvalue weighted by Gasteiger charge is -2.15. The van der Waals surface area contributed by atoms with Gasteiger partial charge in [0, 0.05) is 10.3 Å². The number of hydrogen-bond acceptors (Lipinski definition) is 3. The first-order chi connectivity index (χ1) is 11.9. The van der Waals surface area contributed by atoms with Gasteiger partial charge in [0.05, 0.1) is 16.2 Å². The Balaban J connectivity index is 2.11. The van der Waals surface area contributed by atoms with Crippen LogP contribution in [0.3, 0.4) is 0 Å². The van der Waals surface area contributed by atoms with Crippen molar-refractivity contribution in [2.75, 3.05) is 4.90 Å². The average Bonchev–Trinajstić information content (AvgIpc) is 2.78. The first kappa shape index (κ1) is 17.7. The van der Waals surface area contributed by atoms with E-state index in [9.17, 15) is 14.0 Å². The Kier molecular flexibility index (Phi) is 4.97. The fourth-order valence-electron chi connectivity index (χ4n) is 2.58. The Morgan fingerprint density at radius 3 is 2.32 bits per heavy atom. The maximum atomic E-state index is 13.6. The number of carbonyl (C=O) groups is 2. The number of carbonyl (C=O) groups excluding carboxylic acids is 2. The van der Waals surface area contributed by atoms with Gasteiger partial charge in [-0.1, -0.05) is 43.6 Å². The van der Waals surface area contributed by atoms with E-state index < -0.39 is 17.6 Å². The van der Waals surface area contributed by atoms with E-state index in [1.54, 1.807) is 30.3 Å². The van der Waals surface area contributed by atoms with Crippen LogP contribution in [0, 0.1) is 5.82 Å². The maximum Gasteiger partial charge on any atom is 0.272 e. The number of anilines is 1. The van der Waals surface area contributed by atoms with Crippen molar-refractivity contribution in [3.63, 3.8) is 0 Å². The summed E-state index contributed by atoms with van der Waals surface area (Å²) in [6, 6.07) is 12.2. The van der Waals surface area contributed by atoms with E-state index in [0.717, 1.165) is 4.90 Å². The molecule has 0 atom stereocenters. The van der Waals surface area contributed by atoms with Crippen LogP contribution in [0.25, 0.3) is 5.57 Å². The first-order valence-electron chi connectivity index (χ1n) is 7.69. The molecule has 0 unspecified atom stereocenters. The predicted molar refractivity (Wildman–Crippen MR) is 100.0 cm³/mol. The summed E-state index contributed by atoms with van der Waals surface area (Å²) in [5, 5.41) is 0.655. The number of hydrogen-bond donors (Lipinski definition) is 0. The van der Waals surface area contributed by atoms with Gasteiger partial charge in [-0.25, -0.2) is 9.29 Å². The van der Waals surface area contributed by atoms with E-state index in [1.165, 1.54) is 30.0 Å². The molecule has 1 aliphatic rings. The molecule has 0 saturated carbocycles. The molecule has 2 aromatic rings. The smallest absolute Gasteiger partial charge is 0.268 e. The van der Waals surface area contributed by atoms with Crippen molar-refractivity contribution in [2.45, 2.75) is 19.1 Å². The lowest BCUT2D eigenvalue weighted by Crippen LogP contribution is -2.31. The monoisotopic (exact) mass is 375 g/mol. The Morgan fingerprint density at radius 2 is 1.72 bits per heavy atom. The van der Waals surface area contributed by atoms with Crippen molar-refractivity contribution >= 4 is 46.4 Å². The van der Waals surface area contributed by atoms with Crippen molar-refractivity contribution in [3.05, 3.63) is 69.8 Å². The van der Waals surface area contributed by atoms with Crippen molar-refractivity contribution in [3.8, 4) is 0 Å². The number of amides is 2. The topological polar surface area (TPSA) is 37.4 Å². The number of benzene rings is 2. The molecule has 1 aliphatic heterocycles. The van der Waals surface area contributed by atoms with Crippen LogP contribution in [-0.2, 0) is 9.59 Å². The highest BCUT2D eigenvalue weighted by Crippen LogP contribution is 2.40. The molecule has 2 amide bonds. The van der Waals surface area contributed by atoms with Gasteiger partial charge in [-0.15, -0.1) is 11.8 Å². The van der Waals surface area contributed by atoms with Gasteiger partial charge in [-0.05, 0) is 35.9 Å². The molecule has 0 bridgehead atoms. The minimum Gasteiger partial charge on any atom is -0.268 e. The average molecular weight is 376 g/mol. The molecule has 6 heteroatoms. The fraction of sp³-hybridized carbons (Fsp3) is 0.158. The SMILES string of the molecule is CC(C)SC1=C(c2ccc(Cl)cc2)C(=O)N(c2cccc(F)c2)C1=O. The number of nitrogens with zero attached hydrogens (tertiary/aromatic N) is 1. The Labute approximate surface area is 154 Å². The van der Waals surface area contributed by atoms with Crippen molar-refractivity contribution in [1.82, 2.24) is 0 Å². The molecular formula is C19H15ClFNO2S. The number of thioether (sulfide) groups is 1. The second kappa shape index (κ2) is 7.02. The molecule has 3 nitrogen and oxygen atoms in total. The van der Waals surface area contributed by atoms with Crippen molar-refractivity contribution in [2.24, 2.45) is 0 Å². The normalized spacial score (nSPS) is 14.8. The molecule has 3 rings (SSSR count). The van der Waals surface area contributed by atoms with Gasteiger partial charge < -0.3 is 0 Å². The molecule has 0 fully saturated rings. The highest BCUT2D eigenvalue weighted by atomic mass is 35.5. The minimum absolute atomic E-state index is 0.113. The molecule has 0 spiro atoms. The van der Waals surface area contributed by atoms with Gasteiger partial charge in [0.15, 0.2) is 0 Å². The zero-order chi connectivity index (χ0) is 18.1. The van der Waals surface area contributed by atoms with Crippen LogP contribution in [0.4, 0.5) is 10.1 Å². The van der Waals surface area contributed by atoms with Crippen molar-refractivity contribution in [1.29, 1.82) is 0 Å². The molecule has 0 radical (unpaired) electrons. The summed E-state index contributed by atoms with van der Waals surface area (Å²) in [6.45, 7) is 3.89. The van der Waals surface area contributed by atoms with Crippen LogP contribution in [-0.4, -0.2) is 17.1 Å². The summed E-state index contributed by atoms with van der Waals surface area (Å²) >= 11 is 7.25. The molecule has 0 saturated heterocycles. The highest BCUT2D eigenvalue weighted by Gasteiger charge is 2.40. The third kappa shape index (κ3) is 3.48. The van der Waals surface area contributed by atoms with E-state index in [1.807, 2.05) is 13.8 Å². The quantitative estimate of drug-likeness (QED) is 0.713. The van der Waals surface area contributed by atoms with Crippen LogP contribution < -0.4 is 4.90 Å². The number of rotatable bonds is 4. The lowest BCUT2D eigenvalue weighted by atomic mass is 10.1. The Morgan fingerprint density at radius 1 is 1.04 bits per heavy atom. The van der Waals surface area contributed by atoms with Crippen LogP contribution in [0.1, 0.15) is 19.4 Å². The fourth-order valence-corrected chi connectivity index (χ4v) is 3.69. The third-order valence-electron chi connectivity index (χ3n) is 3.59. The predicted octanol–water partition coefficient (Wildman–Crippen LogP) is 4.91. The van der Waals surface area contributed by atoms with E-state index in [0.29, 0.717) is 21.1 Å². The zero-order valence-corrected chi connectivity index (χ0v) is 15.2. The maximum absolute atomic E-state index is 13.6. The van der Waals surface area contributed by atoms with Crippen LogP contribution in [0.2, 0.25) is 5.02 Å². The van der Waals surface area contributed by atoms with Crippen LogP contribution in [0.5, 0.6) is 0 Å².